The second-order valence-electron chi connectivity index (χ2n) is 3.38. The molecule has 0 fully saturated rings. The molecule has 0 atom stereocenters. The van der Waals surface area contributed by atoms with Crippen LogP contribution in [0.25, 0.3) is 0 Å². The summed E-state index contributed by atoms with van der Waals surface area (Å²) >= 11 is -2.54. The van der Waals surface area contributed by atoms with Crippen LogP contribution in [-0.4, -0.2) is 50.7 Å². The fraction of sp³-hybridized carbons (Fsp3) is 1.00. The van der Waals surface area contributed by atoms with E-state index in [0.717, 1.165) is 30.3 Å². The van der Waals surface area contributed by atoms with Crippen LogP contribution >= 0.6 is 0 Å². The van der Waals surface area contributed by atoms with E-state index in [9.17, 15) is 3.08 Å². The SMILES string of the molecule is CCCCCC[O][Sn](=[O])[CH2]CCC.[Sn]. The Balaban J connectivity index is 0. The summed E-state index contributed by atoms with van der Waals surface area (Å²) in [5, 5.41) is 0. The van der Waals surface area contributed by atoms with Crippen LogP contribution in [0.1, 0.15) is 52.4 Å². The third-order valence-corrected chi connectivity index (χ3v) is 5.67. The number of hydrogen-bond donors (Lipinski definition) is 0. The molecule has 0 aliphatic heterocycles. The predicted molar refractivity (Wildman–Crippen MR) is 62.0 cm³/mol. The summed E-state index contributed by atoms with van der Waals surface area (Å²) < 4.78 is 17.5. The van der Waals surface area contributed by atoms with E-state index >= 15 is 0 Å². The average Bonchev–Trinajstić information content (AvgIpc) is 2.14. The van der Waals surface area contributed by atoms with Crippen molar-refractivity contribution in [3.63, 3.8) is 0 Å². The molecule has 0 heterocycles. The average molecular weight is 412 g/mol. The summed E-state index contributed by atoms with van der Waals surface area (Å²) in [5.41, 5.74) is 0. The van der Waals surface area contributed by atoms with Crippen molar-refractivity contribution < 1.29 is 6.15 Å². The molecule has 0 bridgehead atoms. The van der Waals surface area contributed by atoms with E-state index in [4.69, 9.17) is 3.07 Å². The zero-order chi connectivity index (χ0) is 9.94. The van der Waals surface area contributed by atoms with Crippen molar-refractivity contribution in [3.05, 3.63) is 0 Å². The molecule has 0 N–H and O–H groups in total. The van der Waals surface area contributed by atoms with Crippen molar-refractivity contribution in [1.82, 2.24) is 0 Å². The molecule has 0 aliphatic carbocycles. The number of hydrogen-bond acceptors (Lipinski definition) is 2. The summed E-state index contributed by atoms with van der Waals surface area (Å²) in [6.45, 7) is 5.05. The Hall–Kier alpha value is 1.36. The van der Waals surface area contributed by atoms with Gasteiger partial charge in [0, 0.05) is 23.9 Å². The zero-order valence-corrected chi connectivity index (χ0v) is 15.2. The minimum absolute atomic E-state index is 0. The maximum absolute atomic E-state index is 11.3. The summed E-state index contributed by atoms with van der Waals surface area (Å²) in [6.07, 6.45) is 7.04. The van der Waals surface area contributed by atoms with E-state index < -0.39 is 20.2 Å². The summed E-state index contributed by atoms with van der Waals surface area (Å²) in [5.74, 6) is 0. The van der Waals surface area contributed by atoms with E-state index in [1.807, 2.05) is 0 Å². The largest absolute Gasteiger partial charge is 0 e. The van der Waals surface area contributed by atoms with Gasteiger partial charge in [-0.1, -0.05) is 0 Å². The molecule has 0 aromatic heterocycles. The van der Waals surface area contributed by atoms with Gasteiger partial charge in [-0.15, -0.1) is 0 Å². The van der Waals surface area contributed by atoms with E-state index in [-0.39, 0.29) is 23.9 Å². The smallest absolute Gasteiger partial charge is 0 e. The van der Waals surface area contributed by atoms with Gasteiger partial charge in [-0.2, -0.15) is 0 Å². The van der Waals surface area contributed by atoms with Gasteiger partial charge in [0.1, 0.15) is 0 Å². The molecule has 2 nitrogen and oxygen atoms in total. The fourth-order valence-electron chi connectivity index (χ4n) is 1.11. The Kier molecular flexibility index (Phi) is 18.2. The molecular formula is C10H22O2Sn2. The molecule has 0 aromatic rings. The van der Waals surface area contributed by atoms with Crippen molar-refractivity contribution in [2.24, 2.45) is 0 Å². The van der Waals surface area contributed by atoms with Gasteiger partial charge in [0.25, 0.3) is 0 Å². The van der Waals surface area contributed by atoms with E-state index in [1.165, 1.54) is 19.3 Å². The molecule has 0 spiro atoms. The van der Waals surface area contributed by atoms with Crippen molar-refractivity contribution >= 4 is 44.1 Å². The van der Waals surface area contributed by atoms with Gasteiger partial charge in [0.2, 0.25) is 0 Å². The van der Waals surface area contributed by atoms with Crippen LogP contribution in [-0.2, 0) is 6.15 Å². The molecule has 0 unspecified atom stereocenters. The van der Waals surface area contributed by atoms with Gasteiger partial charge in [-0.25, -0.2) is 0 Å². The quantitative estimate of drug-likeness (QED) is 0.431. The van der Waals surface area contributed by atoms with Crippen LogP contribution in [0.5, 0.6) is 0 Å². The van der Waals surface area contributed by atoms with Crippen LogP contribution in [0.2, 0.25) is 4.44 Å². The monoisotopic (exact) mass is 414 g/mol. The molecule has 0 aliphatic rings. The van der Waals surface area contributed by atoms with Crippen molar-refractivity contribution in [2.45, 2.75) is 56.8 Å². The minimum atomic E-state index is -2.54. The third kappa shape index (κ3) is 13.4. The van der Waals surface area contributed by atoms with Crippen molar-refractivity contribution in [1.29, 1.82) is 0 Å². The van der Waals surface area contributed by atoms with Crippen LogP contribution in [0.15, 0.2) is 0 Å². The van der Waals surface area contributed by atoms with E-state index in [2.05, 4.69) is 13.8 Å². The van der Waals surface area contributed by atoms with Crippen LogP contribution < -0.4 is 0 Å². The maximum Gasteiger partial charge on any atom is 0 e. The Morgan fingerprint density at radius 3 is 2.21 bits per heavy atom. The van der Waals surface area contributed by atoms with Crippen molar-refractivity contribution in [2.75, 3.05) is 6.61 Å². The first-order chi connectivity index (χ1) is 6.31. The maximum atomic E-state index is 11.3. The molecule has 0 saturated carbocycles. The van der Waals surface area contributed by atoms with Crippen LogP contribution in [0.3, 0.4) is 0 Å². The van der Waals surface area contributed by atoms with Crippen LogP contribution in [0.4, 0.5) is 0 Å². The number of rotatable bonds is 9. The first kappa shape index (κ1) is 17.7. The van der Waals surface area contributed by atoms with Crippen LogP contribution in [0, 0.1) is 0 Å². The number of unbranched alkanes of at least 4 members (excludes halogenated alkanes) is 4. The van der Waals surface area contributed by atoms with Gasteiger partial charge >= 0.3 is 89.7 Å². The molecule has 4 radical (unpaired) electrons. The Morgan fingerprint density at radius 1 is 1.00 bits per heavy atom. The fourth-order valence-corrected chi connectivity index (χ4v) is 4.41. The first-order valence-corrected chi connectivity index (χ1v) is 9.81. The molecular weight excluding hydrogens is 390 g/mol. The second-order valence-corrected chi connectivity index (χ2v) is 7.76. The Bertz CT molecular complexity index is 129. The topological polar surface area (TPSA) is 26.3 Å². The molecule has 4 heteroatoms. The normalized spacial score (nSPS) is 9.57. The third-order valence-electron chi connectivity index (χ3n) is 2.00. The van der Waals surface area contributed by atoms with Gasteiger partial charge in [0.05, 0.1) is 0 Å². The zero-order valence-electron chi connectivity index (χ0n) is 9.47. The van der Waals surface area contributed by atoms with Crippen molar-refractivity contribution in [3.8, 4) is 0 Å². The molecule has 14 heavy (non-hydrogen) atoms. The second kappa shape index (κ2) is 14.4. The summed E-state index contributed by atoms with van der Waals surface area (Å²) in [7, 11) is 0. The molecule has 0 rings (SSSR count). The molecule has 0 aromatic carbocycles. The van der Waals surface area contributed by atoms with Gasteiger partial charge in [0.15, 0.2) is 0 Å². The van der Waals surface area contributed by atoms with Gasteiger partial charge in [-0.3, -0.25) is 0 Å². The van der Waals surface area contributed by atoms with Gasteiger partial charge in [-0.05, 0) is 0 Å². The van der Waals surface area contributed by atoms with E-state index in [1.54, 1.807) is 0 Å². The van der Waals surface area contributed by atoms with Gasteiger partial charge < -0.3 is 0 Å². The summed E-state index contributed by atoms with van der Waals surface area (Å²) in [6, 6.07) is 0. The predicted octanol–water partition coefficient (Wildman–Crippen LogP) is 2.92. The Labute approximate surface area is 113 Å². The molecule has 0 amide bonds. The summed E-state index contributed by atoms with van der Waals surface area (Å²) in [4.78, 5) is 0. The van der Waals surface area contributed by atoms with E-state index in [0.29, 0.717) is 0 Å². The standard InChI is InChI=1S/C6H13O.C4H9.O.2Sn/c1-2-3-4-5-6-7;1-3-4-2;;;/h2-6H2,1H3;1,3-4H2,2H3;;;/q-1;;;;+1. The molecule has 0 saturated heterocycles. The Morgan fingerprint density at radius 2 is 1.64 bits per heavy atom. The first-order valence-electron chi connectivity index (χ1n) is 5.46. The minimum Gasteiger partial charge on any atom is 0 e. The molecule has 82 valence electrons.